The molecule has 7 nitrogen and oxygen atoms in total. The standard InChI is InChI=1S/C23H15F2NO6/c24-23(25)31-18-11-10-17(12-19(18)32-23)26-20(27)13-30-22(29)16-8-6-15(7-9-16)21(28)14-4-2-1-3-5-14/h1-12H,13H2,(H,26,27). The highest BCUT2D eigenvalue weighted by Crippen LogP contribution is 2.42. The zero-order valence-corrected chi connectivity index (χ0v) is 16.3. The second-order valence-corrected chi connectivity index (χ2v) is 6.73. The Balaban J connectivity index is 1.31. The van der Waals surface area contributed by atoms with Crippen molar-refractivity contribution in [1.29, 1.82) is 0 Å². The average Bonchev–Trinajstić information content (AvgIpc) is 3.10. The van der Waals surface area contributed by atoms with E-state index in [1.54, 1.807) is 30.3 Å². The summed E-state index contributed by atoms with van der Waals surface area (Å²) < 4.78 is 39.6. The van der Waals surface area contributed by atoms with E-state index >= 15 is 0 Å². The number of hydrogen-bond donors (Lipinski definition) is 1. The normalized spacial score (nSPS) is 13.3. The number of rotatable bonds is 6. The fourth-order valence-electron chi connectivity index (χ4n) is 2.95. The molecule has 0 spiro atoms. The SMILES string of the molecule is O=C(COC(=O)c1ccc(C(=O)c2ccccc2)cc1)Nc1ccc2c(c1)OC(F)(F)O2. The Kier molecular flexibility index (Phi) is 5.55. The molecule has 0 saturated heterocycles. The summed E-state index contributed by atoms with van der Waals surface area (Å²) in [5.41, 5.74) is 1.24. The van der Waals surface area contributed by atoms with Gasteiger partial charge in [0.05, 0.1) is 5.56 Å². The summed E-state index contributed by atoms with van der Waals surface area (Å²) in [5.74, 6) is -2.01. The van der Waals surface area contributed by atoms with Crippen molar-refractivity contribution >= 4 is 23.3 Å². The second-order valence-electron chi connectivity index (χ2n) is 6.73. The number of hydrogen-bond acceptors (Lipinski definition) is 6. The lowest BCUT2D eigenvalue weighted by molar-refractivity contribution is -0.286. The number of benzene rings is 3. The summed E-state index contributed by atoms with van der Waals surface area (Å²) in [6, 6.07) is 18.2. The molecule has 0 unspecified atom stereocenters. The third-order valence-electron chi connectivity index (χ3n) is 4.44. The van der Waals surface area contributed by atoms with Crippen LogP contribution < -0.4 is 14.8 Å². The highest BCUT2D eigenvalue weighted by Gasteiger charge is 2.43. The Morgan fingerprint density at radius 2 is 1.44 bits per heavy atom. The van der Waals surface area contributed by atoms with Crippen LogP contribution in [0.5, 0.6) is 11.5 Å². The van der Waals surface area contributed by atoms with Crippen molar-refractivity contribution in [2.75, 3.05) is 11.9 Å². The molecule has 0 bridgehead atoms. The molecule has 0 saturated carbocycles. The Morgan fingerprint density at radius 1 is 0.812 bits per heavy atom. The van der Waals surface area contributed by atoms with Crippen molar-refractivity contribution in [2.24, 2.45) is 0 Å². The maximum Gasteiger partial charge on any atom is 0.586 e. The minimum absolute atomic E-state index is 0.159. The van der Waals surface area contributed by atoms with Crippen LogP contribution in [0.1, 0.15) is 26.3 Å². The lowest BCUT2D eigenvalue weighted by atomic mass is 10.0. The van der Waals surface area contributed by atoms with Gasteiger partial charge in [0.15, 0.2) is 23.9 Å². The summed E-state index contributed by atoms with van der Waals surface area (Å²) in [4.78, 5) is 36.6. The van der Waals surface area contributed by atoms with Gasteiger partial charge in [0, 0.05) is 22.9 Å². The topological polar surface area (TPSA) is 90.9 Å². The monoisotopic (exact) mass is 439 g/mol. The molecule has 32 heavy (non-hydrogen) atoms. The zero-order chi connectivity index (χ0) is 22.7. The van der Waals surface area contributed by atoms with E-state index in [9.17, 15) is 23.2 Å². The summed E-state index contributed by atoms with van der Waals surface area (Å²) >= 11 is 0. The predicted octanol–water partition coefficient (Wildman–Crippen LogP) is 4.03. The van der Waals surface area contributed by atoms with Crippen LogP contribution in [0.4, 0.5) is 14.5 Å². The molecule has 1 N–H and O–H groups in total. The van der Waals surface area contributed by atoms with E-state index in [1.165, 1.54) is 42.5 Å². The fourth-order valence-corrected chi connectivity index (χ4v) is 2.95. The van der Waals surface area contributed by atoms with Crippen LogP contribution in [0, 0.1) is 0 Å². The van der Waals surface area contributed by atoms with E-state index < -0.39 is 24.8 Å². The van der Waals surface area contributed by atoms with Crippen molar-refractivity contribution in [3.63, 3.8) is 0 Å². The van der Waals surface area contributed by atoms with Gasteiger partial charge in [0.2, 0.25) is 0 Å². The van der Waals surface area contributed by atoms with Crippen molar-refractivity contribution < 1.29 is 37.4 Å². The van der Waals surface area contributed by atoms with Gasteiger partial charge in [0.1, 0.15) is 0 Å². The van der Waals surface area contributed by atoms with E-state index in [4.69, 9.17) is 4.74 Å². The number of alkyl halides is 2. The number of carbonyl (C=O) groups excluding carboxylic acids is 3. The second kappa shape index (κ2) is 8.46. The number of esters is 1. The first kappa shape index (κ1) is 21.0. The number of amides is 1. The van der Waals surface area contributed by atoms with E-state index in [-0.39, 0.29) is 28.5 Å². The third-order valence-corrected chi connectivity index (χ3v) is 4.44. The van der Waals surface area contributed by atoms with Gasteiger partial charge in [-0.25, -0.2) is 4.79 Å². The van der Waals surface area contributed by atoms with E-state index in [1.807, 2.05) is 0 Å². The van der Waals surface area contributed by atoms with Crippen LogP contribution in [0.25, 0.3) is 0 Å². The van der Waals surface area contributed by atoms with Gasteiger partial charge in [-0.05, 0) is 24.3 Å². The highest BCUT2D eigenvalue weighted by atomic mass is 19.3. The first-order valence-corrected chi connectivity index (χ1v) is 9.37. The number of anilines is 1. The van der Waals surface area contributed by atoms with Crippen LogP contribution in [0.15, 0.2) is 72.8 Å². The van der Waals surface area contributed by atoms with Gasteiger partial charge in [-0.15, -0.1) is 8.78 Å². The predicted molar refractivity (Wildman–Crippen MR) is 108 cm³/mol. The van der Waals surface area contributed by atoms with Gasteiger partial charge in [0.25, 0.3) is 5.91 Å². The Bertz CT molecular complexity index is 1180. The van der Waals surface area contributed by atoms with Crippen LogP contribution in [-0.4, -0.2) is 30.6 Å². The quantitative estimate of drug-likeness (QED) is 0.461. The van der Waals surface area contributed by atoms with Crippen molar-refractivity contribution in [2.45, 2.75) is 6.29 Å². The molecule has 0 radical (unpaired) electrons. The Morgan fingerprint density at radius 3 is 2.16 bits per heavy atom. The van der Waals surface area contributed by atoms with E-state index in [0.717, 1.165) is 0 Å². The molecule has 162 valence electrons. The smallest absolute Gasteiger partial charge is 0.452 e. The van der Waals surface area contributed by atoms with Crippen molar-refractivity contribution in [1.82, 2.24) is 0 Å². The number of nitrogens with one attached hydrogen (secondary N) is 1. The van der Waals surface area contributed by atoms with E-state index in [2.05, 4.69) is 14.8 Å². The number of ether oxygens (including phenoxy) is 3. The highest BCUT2D eigenvalue weighted by molar-refractivity contribution is 6.09. The van der Waals surface area contributed by atoms with Crippen LogP contribution in [0.2, 0.25) is 0 Å². The molecule has 0 aliphatic carbocycles. The minimum Gasteiger partial charge on any atom is -0.452 e. The van der Waals surface area contributed by atoms with Crippen LogP contribution in [0.3, 0.4) is 0 Å². The number of ketones is 1. The minimum atomic E-state index is -3.76. The van der Waals surface area contributed by atoms with Gasteiger partial charge in [-0.2, -0.15) is 0 Å². The molecular formula is C23H15F2NO6. The fraction of sp³-hybridized carbons (Fsp3) is 0.0870. The van der Waals surface area contributed by atoms with Crippen LogP contribution in [-0.2, 0) is 9.53 Å². The Hall–Kier alpha value is -4.27. The van der Waals surface area contributed by atoms with Crippen LogP contribution >= 0.6 is 0 Å². The zero-order valence-electron chi connectivity index (χ0n) is 16.3. The lowest BCUT2D eigenvalue weighted by Crippen LogP contribution is -2.25. The molecule has 3 aromatic rings. The molecule has 1 amide bonds. The Labute approximate surface area is 180 Å². The van der Waals surface area contributed by atoms with E-state index in [0.29, 0.717) is 11.1 Å². The summed E-state index contributed by atoms with van der Waals surface area (Å²) in [6.45, 7) is -0.603. The molecule has 4 rings (SSSR count). The molecule has 1 aliphatic heterocycles. The molecule has 0 fully saturated rings. The first-order chi connectivity index (χ1) is 15.3. The maximum atomic E-state index is 13.0. The lowest BCUT2D eigenvalue weighted by Gasteiger charge is -2.08. The molecular weight excluding hydrogens is 424 g/mol. The molecule has 1 heterocycles. The van der Waals surface area contributed by atoms with Crippen molar-refractivity contribution in [3.8, 4) is 11.5 Å². The molecule has 0 atom stereocenters. The van der Waals surface area contributed by atoms with Crippen molar-refractivity contribution in [3.05, 3.63) is 89.5 Å². The van der Waals surface area contributed by atoms with Gasteiger partial charge in [-0.3, -0.25) is 9.59 Å². The third kappa shape index (κ3) is 4.72. The number of halogens is 2. The summed E-state index contributed by atoms with van der Waals surface area (Å²) in [5, 5.41) is 2.41. The van der Waals surface area contributed by atoms with Gasteiger partial charge < -0.3 is 19.5 Å². The van der Waals surface area contributed by atoms with Gasteiger partial charge in [-0.1, -0.05) is 42.5 Å². The summed E-state index contributed by atoms with van der Waals surface area (Å²) in [6.07, 6.45) is -3.76. The average molecular weight is 439 g/mol. The van der Waals surface area contributed by atoms with Gasteiger partial charge >= 0.3 is 12.3 Å². The molecule has 9 heteroatoms. The molecule has 1 aliphatic rings. The number of carbonyl (C=O) groups is 3. The number of fused-ring (bicyclic) bond motifs is 1. The summed E-state index contributed by atoms with van der Waals surface area (Å²) in [7, 11) is 0. The largest absolute Gasteiger partial charge is 0.586 e. The molecule has 0 aromatic heterocycles. The first-order valence-electron chi connectivity index (χ1n) is 9.37. The molecule has 3 aromatic carbocycles. The maximum absolute atomic E-state index is 13.0.